The number of hydrogen-bond acceptors (Lipinski definition) is 4. The average Bonchev–Trinajstić information content (AvgIpc) is 2.32. The Hall–Kier alpha value is -1.83. The van der Waals surface area contributed by atoms with Crippen molar-refractivity contribution < 1.29 is 22.3 Å². The molecule has 1 aromatic carbocycles. The SMILES string of the molecule is O=C1OCCCN1S(=O)(=O)Nc1ccc(F)cc1. The Morgan fingerprint density at radius 1 is 1.28 bits per heavy atom. The van der Waals surface area contributed by atoms with Crippen molar-refractivity contribution >= 4 is 22.0 Å². The smallest absolute Gasteiger partial charge is 0.424 e. The summed E-state index contributed by atoms with van der Waals surface area (Å²) in [5.41, 5.74) is 0.176. The van der Waals surface area contributed by atoms with Gasteiger partial charge < -0.3 is 4.74 Å². The molecule has 0 unspecified atom stereocenters. The molecule has 1 aliphatic heterocycles. The number of carbonyl (C=O) groups is 1. The summed E-state index contributed by atoms with van der Waals surface area (Å²) in [6.07, 6.45) is -0.466. The monoisotopic (exact) mass is 274 g/mol. The third-order valence-electron chi connectivity index (χ3n) is 2.32. The first-order chi connectivity index (χ1) is 8.49. The van der Waals surface area contributed by atoms with Crippen LogP contribution in [-0.2, 0) is 14.9 Å². The zero-order valence-corrected chi connectivity index (χ0v) is 10.1. The molecule has 0 bridgehead atoms. The van der Waals surface area contributed by atoms with E-state index in [9.17, 15) is 17.6 Å². The van der Waals surface area contributed by atoms with Gasteiger partial charge in [-0.2, -0.15) is 12.7 Å². The molecule has 6 nitrogen and oxygen atoms in total. The predicted octanol–water partition coefficient (Wildman–Crippen LogP) is 1.32. The van der Waals surface area contributed by atoms with E-state index >= 15 is 0 Å². The average molecular weight is 274 g/mol. The summed E-state index contributed by atoms with van der Waals surface area (Å²) in [4.78, 5) is 11.3. The summed E-state index contributed by atoms with van der Waals surface area (Å²) >= 11 is 0. The Balaban J connectivity index is 2.16. The quantitative estimate of drug-likeness (QED) is 0.902. The van der Waals surface area contributed by atoms with E-state index in [0.29, 0.717) is 10.7 Å². The molecule has 1 fully saturated rings. The zero-order chi connectivity index (χ0) is 13.2. The van der Waals surface area contributed by atoms with Crippen LogP contribution in [0.3, 0.4) is 0 Å². The van der Waals surface area contributed by atoms with Gasteiger partial charge >= 0.3 is 16.3 Å². The van der Waals surface area contributed by atoms with Crippen LogP contribution in [0.25, 0.3) is 0 Å². The molecule has 1 saturated heterocycles. The molecule has 1 N–H and O–H groups in total. The molecule has 1 aliphatic rings. The highest BCUT2D eigenvalue weighted by atomic mass is 32.2. The maximum Gasteiger partial charge on any atom is 0.424 e. The lowest BCUT2D eigenvalue weighted by molar-refractivity contribution is 0.101. The van der Waals surface area contributed by atoms with Gasteiger partial charge in [0.05, 0.1) is 12.3 Å². The van der Waals surface area contributed by atoms with Crippen LogP contribution in [0.5, 0.6) is 0 Å². The highest BCUT2D eigenvalue weighted by Gasteiger charge is 2.31. The van der Waals surface area contributed by atoms with Crippen molar-refractivity contribution in [3.8, 4) is 0 Å². The fraction of sp³-hybridized carbons (Fsp3) is 0.300. The molecular weight excluding hydrogens is 263 g/mol. The van der Waals surface area contributed by atoms with Crippen LogP contribution in [0.1, 0.15) is 6.42 Å². The van der Waals surface area contributed by atoms with Gasteiger partial charge in [0.1, 0.15) is 5.82 Å². The second kappa shape index (κ2) is 4.81. The van der Waals surface area contributed by atoms with Crippen LogP contribution >= 0.6 is 0 Å². The molecule has 1 amide bonds. The Kier molecular flexibility index (Phi) is 3.37. The number of halogens is 1. The van der Waals surface area contributed by atoms with Crippen molar-refractivity contribution in [3.05, 3.63) is 30.1 Å². The van der Waals surface area contributed by atoms with Gasteiger partial charge in [0.25, 0.3) is 0 Å². The number of benzene rings is 1. The van der Waals surface area contributed by atoms with E-state index in [1.54, 1.807) is 0 Å². The second-order valence-electron chi connectivity index (χ2n) is 3.65. The van der Waals surface area contributed by atoms with Crippen LogP contribution in [0, 0.1) is 5.82 Å². The van der Waals surface area contributed by atoms with E-state index < -0.39 is 22.1 Å². The summed E-state index contributed by atoms with van der Waals surface area (Å²) in [5, 5.41) is 0. The van der Waals surface area contributed by atoms with Gasteiger partial charge in [-0.1, -0.05) is 0 Å². The van der Waals surface area contributed by atoms with Gasteiger partial charge in [0.15, 0.2) is 0 Å². The molecule has 8 heteroatoms. The lowest BCUT2D eigenvalue weighted by Crippen LogP contribution is -2.44. The van der Waals surface area contributed by atoms with Crippen LogP contribution in [-0.4, -0.2) is 32.0 Å². The van der Waals surface area contributed by atoms with Gasteiger partial charge in [-0.05, 0) is 24.3 Å². The molecule has 0 saturated carbocycles. The van der Waals surface area contributed by atoms with E-state index in [1.807, 2.05) is 0 Å². The first kappa shape index (κ1) is 12.6. The maximum atomic E-state index is 12.7. The van der Waals surface area contributed by atoms with Crippen molar-refractivity contribution in [2.75, 3.05) is 17.9 Å². The summed E-state index contributed by atoms with van der Waals surface area (Å²) < 4.78 is 43.8. The number of nitrogens with one attached hydrogen (secondary N) is 1. The standard InChI is InChI=1S/C10H11FN2O4S/c11-8-2-4-9(5-3-8)12-18(15,16)13-6-1-7-17-10(13)14/h2-5,12H,1,6-7H2. The number of carbonyl (C=O) groups excluding carboxylic acids is 1. The number of nitrogens with zero attached hydrogens (tertiary/aromatic N) is 1. The van der Waals surface area contributed by atoms with Gasteiger partial charge in [-0.3, -0.25) is 4.72 Å². The Morgan fingerprint density at radius 3 is 2.56 bits per heavy atom. The van der Waals surface area contributed by atoms with Crippen molar-refractivity contribution in [1.29, 1.82) is 0 Å². The van der Waals surface area contributed by atoms with Crippen LogP contribution in [0.4, 0.5) is 14.9 Å². The highest BCUT2D eigenvalue weighted by molar-refractivity contribution is 7.90. The number of cyclic esters (lactones) is 1. The van der Waals surface area contributed by atoms with E-state index in [0.717, 1.165) is 12.1 Å². The fourth-order valence-electron chi connectivity index (χ4n) is 1.47. The molecule has 0 spiro atoms. The minimum Gasteiger partial charge on any atom is -0.449 e. The Bertz CT molecular complexity index is 544. The minimum absolute atomic E-state index is 0.0648. The van der Waals surface area contributed by atoms with Crippen molar-refractivity contribution in [3.63, 3.8) is 0 Å². The van der Waals surface area contributed by atoms with Crippen molar-refractivity contribution in [1.82, 2.24) is 4.31 Å². The van der Waals surface area contributed by atoms with Gasteiger partial charge in [-0.15, -0.1) is 0 Å². The molecule has 1 aromatic rings. The number of rotatable bonds is 3. The molecule has 0 atom stereocenters. The molecule has 2 rings (SSSR count). The summed E-state index contributed by atoms with van der Waals surface area (Å²) in [7, 11) is -4.01. The minimum atomic E-state index is -4.01. The molecular formula is C10H11FN2O4S. The van der Waals surface area contributed by atoms with Gasteiger partial charge in [-0.25, -0.2) is 9.18 Å². The molecule has 1 heterocycles. The van der Waals surface area contributed by atoms with Crippen molar-refractivity contribution in [2.24, 2.45) is 0 Å². The first-order valence-corrected chi connectivity index (χ1v) is 6.66. The summed E-state index contributed by atoms with van der Waals surface area (Å²) in [6.45, 7) is 0.275. The number of anilines is 1. The van der Waals surface area contributed by atoms with Gasteiger partial charge in [0, 0.05) is 13.0 Å². The largest absolute Gasteiger partial charge is 0.449 e. The number of hydrogen-bond donors (Lipinski definition) is 1. The number of amides is 1. The fourth-order valence-corrected chi connectivity index (χ4v) is 2.63. The molecule has 18 heavy (non-hydrogen) atoms. The normalized spacial score (nSPS) is 16.3. The van der Waals surface area contributed by atoms with Crippen LogP contribution in [0.2, 0.25) is 0 Å². The maximum absolute atomic E-state index is 12.7. The van der Waals surface area contributed by atoms with Crippen LogP contribution < -0.4 is 4.72 Å². The summed E-state index contributed by atoms with van der Waals surface area (Å²) in [6, 6.07) is 4.77. The first-order valence-electron chi connectivity index (χ1n) is 5.22. The second-order valence-corrected chi connectivity index (χ2v) is 5.25. The molecule has 0 radical (unpaired) electrons. The third kappa shape index (κ3) is 2.70. The van der Waals surface area contributed by atoms with Crippen molar-refractivity contribution in [2.45, 2.75) is 6.42 Å². The van der Waals surface area contributed by atoms with E-state index in [2.05, 4.69) is 9.46 Å². The third-order valence-corrected chi connectivity index (χ3v) is 3.72. The lowest BCUT2D eigenvalue weighted by atomic mass is 10.3. The Labute approximate surface area is 104 Å². The Morgan fingerprint density at radius 2 is 1.94 bits per heavy atom. The summed E-state index contributed by atoms with van der Waals surface area (Å²) in [5.74, 6) is -0.477. The van der Waals surface area contributed by atoms with E-state index in [4.69, 9.17) is 0 Å². The molecule has 98 valence electrons. The van der Waals surface area contributed by atoms with E-state index in [-0.39, 0.29) is 18.8 Å². The zero-order valence-electron chi connectivity index (χ0n) is 9.30. The molecule has 0 aromatic heterocycles. The lowest BCUT2D eigenvalue weighted by Gasteiger charge is -2.25. The van der Waals surface area contributed by atoms with Crippen LogP contribution in [0.15, 0.2) is 24.3 Å². The van der Waals surface area contributed by atoms with E-state index in [1.165, 1.54) is 12.1 Å². The van der Waals surface area contributed by atoms with Gasteiger partial charge in [0.2, 0.25) is 0 Å². The molecule has 0 aliphatic carbocycles. The number of ether oxygens (including phenoxy) is 1. The topological polar surface area (TPSA) is 75.7 Å². The highest BCUT2D eigenvalue weighted by Crippen LogP contribution is 2.15. The predicted molar refractivity (Wildman–Crippen MR) is 61.6 cm³/mol.